The van der Waals surface area contributed by atoms with Crippen LogP contribution in [-0.2, 0) is 6.42 Å². The minimum atomic E-state index is -0.530. The first-order valence-corrected chi connectivity index (χ1v) is 9.56. The van der Waals surface area contributed by atoms with Gasteiger partial charge < -0.3 is 10.2 Å². The average molecular weight is 408 g/mol. The molecule has 1 aliphatic heterocycles. The highest BCUT2D eigenvalue weighted by atomic mass is 35.5. The number of fused-ring (bicyclic) bond motifs is 1. The third kappa shape index (κ3) is 3.79. The topological polar surface area (TPSA) is 75.5 Å². The summed E-state index contributed by atoms with van der Waals surface area (Å²) in [4.78, 5) is 25.8. The molecule has 0 fully saturated rings. The van der Waals surface area contributed by atoms with Crippen LogP contribution in [0.25, 0.3) is 0 Å². The quantitative estimate of drug-likeness (QED) is 0.474. The Bertz CT molecular complexity index is 1070. The van der Waals surface area contributed by atoms with Gasteiger partial charge in [0.1, 0.15) is 11.2 Å². The maximum Gasteiger partial charge on any atom is 0.288 e. The van der Waals surface area contributed by atoms with Crippen molar-refractivity contribution in [2.45, 2.75) is 12.6 Å². The van der Waals surface area contributed by atoms with Gasteiger partial charge in [-0.1, -0.05) is 60.1 Å². The second-order valence-corrected chi connectivity index (χ2v) is 7.20. The normalized spacial score (nSPS) is 15.6. The summed E-state index contributed by atoms with van der Waals surface area (Å²) < 4.78 is 0. The number of benzene rings is 3. The van der Waals surface area contributed by atoms with Crippen LogP contribution >= 0.6 is 11.6 Å². The highest BCUT2D eigenvalue weighted by Crippen LogP contribution is 2.36. The molecule has 0 aromatic heterocycles. The molecule has 29 heavy (non-hydrogen) atoms. The molecule has 1 heterocycles. The number of carbonyl (C=O) groups excluding carboxylic acids is 1. The first-order chi connectivity index (χ1) is 14.0. The van der Waals surface area contributed by atoms with Gasteiger partial charge in [-0.05, 0) is 30.2 Å². The van der Waals surface area contributed by atoms with E-state index < -0.39 is 11.1 Å². The third-order valence-corrected chi connectivity index (χ3v) is 5.31. The second-order valence-electron chi connectivity index (χ2n) is 6.79. The molecule has 3 aromatic rings. The number of para-hydroxylation sites is 1. The van der Waals surface area contributed by atoms with E-state index in [1.165, 1.54) is 12.1 Å². The van der Waals surface area contributed by atoms with Crippen LogP contribution in [0.15, 0.2) is 72.8 Å². The molecule has 1 unspecified atom stereocenters. The maximum atomic E-state index is 13.2. The zero-order valence-electron chi connectivity index (χ0n) is 15.4. The van der Waals surface area contributed by atoms with Crippen LogP contribution in [0.3, 0.4) is 0 Å². The number of nitro benzene ring substituents is 1. The van der Waals surface area contributed by atoms with Gasteiger partial charge in [0, 0.05) is 23.9 Å². The van der Waals surface area contributed by atoms with E-state index in [1.54, 1.807) is 17.0 Å². The molecule has 0 saturated heterocycles. The zero-order chi connectivity index (χ0) is 20.4. The molecule has 1 N–H and O–H groups in total. The standard InChI is InChI=1S/C22H18ClN3O3/c23-18-11-10-16(14-20(18)26(28)29)21-24-19-9-5-4-8-17(19)22(27)25(21)13-12-15-6-2-1-3-7-15/h1-11,14,21,24H,12-13H2. The molecule has 0 radical (unpaired) electrons. The molecule has 0 spiro atoms. The zero-order valence-corrected chi connectivity index (χ0v) is 16.2. The minimum Gasteiger partial charge on any atom is -0.361 e. The summed E-state index contributed by atoms with van der Waals surface area (Å²) in [5.74, 6) is -0.113. The Morgan fingerprint density at radius 2 is 1.76 bits per heavy atom. The molecule has 3 aromatic carbocycles. The van der Waals surface area contributed by atoms with Crippen molar-refractivity contribution in [2.24, 2.45) is 0 Å². The number of halogens is 1. The highest BCUT2D eigenvalue weighted by molar-refractivity contribution is 6.32. The van der Waals surface area contributed by atoms with E-state index in [9.17, 15) is 14.9 Å². The summed E-state index contributed by atoms with van der Waals surface area (Å²) >= 11 is 5.97. The lowest BCUT2D eigenvalue weighted by atomic mass is 10.0. The number of amides is 1. The Morgan fingerprint density at radius 3 is 2.52 bits per heavy atom. The van der Waals surface area contributed by atoms with Crippen LogP contribution in [0, 0.1) is 10.1 Å². The van der Waals surface area contributed by atoms with E-state index in [4.69, 9.17) is 11.6 Å². The molecular formula is C22H18ClN3O3. The first-order valence-electron chi connectivity index (χ1n) is 9.19. The molecule has 0 saturated carbocycles. The number of hydrogen-bond donors (Lipinski definition) is 1. The van der Waals surface area contributed by atoms with Crippen LogP contribution in [0.5, 0.6) is 0 Å². The number of nitro groups is 1. The van der Waals surface area contributed by atoms with Gasteiger partial charge in [-0.15, -0.1) is 0 Å². The van der Waals surface area contributed by atoms with Crippen LogP contribution in [-0.4, -0.2) is 22.3 Å². The SMILES string of the molecule is O=C1c2ccccc2NC(c2ccc(Cl)c([N+](=O)[O-])c2)N1CCc1ccccc1. The average Bonchev–Trinajstić information content (AvgIpc) is 2.74. The van der Waals surface area contributed by atoms with Gasteiger partial charge in [0.2, 0.25) is 0 Å². The molecule has 4 rings (SSSR count). The van der Waals surface area contributed by atoms with E-state index >= 15 is 0 Å². The van der Waals surface area contributed by atoms with Gasteiger partial charge in [0.25, 0.3) is 11.6 Å². The third-order valence-electron chi connectivity index (χ3n) is 4.99. The molecule has 7 heteroatoms. The summed E-state index contributed by atoms with van der Waals surface area (Å²) in [5.41, 5.74) is 2.83. The number of nitrogens with zero attached hydrogens (tertiary/aromatic N) is 2. The molecule has 146 valence electrons. The van der Waals surface area contributed by atoms with Gasteiger partial charge in [-0.25, -0.2) is 0 Å². The highest BCUT2D eigenvalue weighted by Gasteiger charge is 2.33. The van der Waals surface area contributed by atoms with Gasteiger partial charge in [-0.2, -0.15) is 0 Å². The van der Waals surface area contributed by atoms with E-state index in [0.717, 1.165) is 5.56 Å². The Hall–Kier alpha value is -3.38. The summed E-state index contributed by atoms with van der Waals surface area (Å²) in [5, 5.41) is 14.8. The van der Waals surface area contributed by atoms with Crippen molar-refractivity contribution >= 4 is 28.9 Å². The Labute approximate surface area is 172 Å². The van der Waals surface area contributed by atoms with Crippen molar-refractivity contribution in [3.05, 3.63) is 105 Å². The molecule has 0 aliphatic carbocycles. The number of carbonyl (C=O) groups is 1. The number of rotatable bonds is 5. The first kappa shape index (κ1) is 19.0. The molecule has 1 aliphatic rings. The maximum absolute atomic E-state index is 13.2. The predicted molar refractivity (Wildman–Crippen MR) is 112 cm³/mol. The largest absolute Gasteiger partial charge is 0.361 e. The van der Waals surface area contributed by atoms with Crippen LogP contribution in [0.4, 0.5) is 11.4 Å². The molecule has 6 nitrogen and oxygen atoms in total. The van der Waals surface area contributed by atoms with Gasteiger partial charge in [0.15, 0.2) is 0 Å². The van der Waals surface area contributed by atoms with Crippen LogP contribution in [0.1, 0.15) is 27.7 Å². The molecule has 0 bridgehead atoms. The predicted octanol–water partition coefficient (Wildman–Crippen LogP) is 5.06. The smallest absolute Gasteiger partial charge is 0.288 e. The fourth-order valence-corrected chi connectivity index (χ4v) is 3.71. The van der Waals surface area contributed by atoms with Gasteiger partial charge in [-0.3, -0.25) is 14.9 Å². The van der Waals surface area contributed by atoms with Crippen molar-refractivity contribution in [3.63, 3.8) is 0 Å². The summed E-state index contributed by atoms with van der Waals surface area (Å²) in [7, 11) is 0. The van der Waals surface area contributed by atoms with Crippen molar-refractivity contribution in [1.29, 1.82) is 0 Å². The van der Waals surface area contributed by atoms with Gasteiger partial charge in [0.05, 0.1) is 10.5 Å². The lowest BCUT2D eigenvalue weighted by Crippen LogP contribution is -2.44. The van der Waals surface area contributed by atoms with Gasteiger partial charge >= 0.3 is 0 Å². The minimum absolute atomic E-state index is 0.0668. The van der Waals surface area contributed by atoms with Crippen molar-refractivity contribution < 1.29 is 9.72 Å². The van der Waals surface area contributed by atoms with Crippen LogP contribution in [0.2, 0.25) is 5.02 Å². The number of anilines is 1. The molecular weight excluding hydrogens is 390 g/mol. The number of hydrogen-bond acceptors (Lipinski definition) is 4. The second kappa shape index (κ2) is 7.93. The van der Waals surface area contributed by atoms with E-state index in [2.05, 4.69) is 5.32 Å². The fourth-order valence-electron chi connectivity index (χ4n) is 3.52. The van der Waals surface area contributed by atoms with Crippen molar-refractivity contribution in [3.8, 4) is 0 Å². The monoisotopic (exact) mass is 407 g/mol. The molecule has 1 amide bonds. The van der Waals surface area contributed by atoms with Crippen molar-refractivity contribution in [1.82, 2.24) is 4.90 Å². The fraction of sp³-hybridized carbons (Fsp3) is 0.136. The Balaban J connectivity index is 1.71. The Morgan fingerprint density at radius 1 is 1.03 bits per heavy atom. The number of nitrogens with one attached hydrogen (secondary N) is 1. The lowest BCUT2D eigenvalue weighted by Gasteiger charge is -2.38. The van der Waals surface area contributed by atoms with E-state index in [-0.39, 0.29) is 16.6 Å². The summed E-state index contributed by atoms with van der Waals surface area (Å²) in [6.07, 6.45) is 0.139. The lowest BCUT2D eigenvalue weighted by molar-refractivity contribution is -0.384. The van der Waals surface area contributed by atoms with Crippen LogP contribution < -0.4 is 5.32 Å². The van der Waals surface area contributed by atoms with E-state index in [0.29, 0.717) is 29.8 Å². The summed E-state index contributed by atoms with van der Waals surface area (Å²) in [6.45, 7) is 0.464. The summed E-state index contributed by atoms with van der Waals surface area (Å²) in [6, 6.07) is 21.8. The molecule has 1 atom stereocenters. The Kier molecular flexibility index (Phi) is 5.18. The van der Waals surface area contributed by atoms with Crippen molar-refractivity contribution in [2.75, 3.05) is 11.9 Å². The van der Waals surface area contributed by atoms with E-state index in [1.807, 2.05) is 48.5 Å².